The SMILES string of the molecule is CC1(C)OB(c2cc(COc3ccccc3CC=O)cc3ccoc23)OC1(C)C.COC. The van der Waals surface area contributed by atoms with E-state index in [0.29, 0.717) is 18.8 Å². The summed E-state index contributed by atoms with van der Waals surface area (Å²) < 4.78 is 28.5. The van der Waals surface area contributed by atoms with Gasteiger partial charge in [0.05, 0.1) is 17.5 Å². The third kappa shape index (κ3) is 5.06. The first-order chi connectivity index (χ1) is 15.2. The number of furan rings is 1. The van der Waals surface area contributed by atoms with E-state index >= 15 is 0 Å². The average Bonchev–Trinajstić information content (AvgIpc) is 3.29. The Hall–Kier alpha value is -2.61. The molecular formula is C25H31BO6. The minimum absolute atomic E-state index is 0.329. The van der Waals surface area contributed by atoms with Crippen molar-refractivity contribution in [3.8, 4) is 5.75 Å². The number of carbonyl (C=O) groups is 1. The van der Waals surface area contributed by atoms with E-state index in [9.17, 15) is 4.79 Å². The van der Waals surface area contributed by atoms with Crippen molar-refractivity contribution in [1.82, 2.24) is 0 Å². The van der Waals surface area contributed by atoms with Gasteiger partial charge in [0.25, 0.3) is 0 Å². The van der Waals surface area contributed by atoms with E-state index in [1.54, 1.807) is 20.5 Å². The van der Waals surface area contributed by atoms with E-state index in [0.717, 1.165) is 33.8 Å². The highest BCUT2D eigenvalue weighted by atomic mass is 16.7. The molecule has 3 aromatic rings. The zero-order valence-electron chi connectivity index (χ0n) is 19.6. The van der Waals surface area contributed by atoms with Gasteiger partial charge in [0, 0.05) is 37.1 Å². The molecule has 0 radical (unpaired) electrons. The highest BCUT2D eigenvalue weighted by Gasteiger charge is 2.52. The quantitative estimate of drug-likeness (QED) is 0.422. The maximum atomic E-state index is 10.9. The van der Waals surface area contributed by atoms with E-state index < -0.39 is 18.3 Å². The van der Waals surface area contributed by atoms with Gasteiger partial charge in [-0.1, -0.05) is 24.3 Å². The summed E-state index contributed by atoms with van der Waals surface area (Å²) in [5.74, 6) is 0.712. The summed E-state index contributed by atoms with van der Waals surface area (Å²) in [4.78, 5) is 10.9. The van der Waals surface area contributed by atoms with Crippen molar-refractivity contribution in [1.29, 1.82) is 0 Å². The zero-order valence-corrected chi connectivity index (χ0v) is 19.6. The van der Waals surface area contributed by atoms with Gasteiger partial charge in [-0.15, -0.1) is 0 Å². The molecule has 170 valence electrons. The molecule has 1 aliphatic heterocycles. The number of ether oxygens (including phenoxy) is 2. The lowest BCUT2D eigenvalue weighted by Crippen LogP contribution is -2.41. The molecule has 2 heterocycles. The Balaban J connectivity index is 0.000000913. The van der Waals surface area contributed by atoms with Crippen molar-refractivity contribution in [2.75, 3.05) is 14.2 Å². The normalized spacial score (nSPS) is 16.5. The largest absolute Gasteiger partial charge is 0.498 e. The van der Waals surface area contributed by atoms with Crippen molar-refractivity contribution in [3.05, 3.63) is 59.9 Å². The average molecular weight is 438 g/mol. The van der Waals surface area contributed by atoms with Gasteiger partial charge in [0.1, 0.15) is 24.2 Å². The Kier molecular flexibility index (Phi) is 7.44. The smallest absolute Gasteiger partial charge is 0.489 e. The molecule has 2 aromatic carbocycles. The topological polar surface area (TPSA) is 67.1 Å². The van der Waals surface area contributed by atoms with Crippen LogP contribution in [0.4, 0.5) is 0 Å². The molecule has 0 unspecified atom stereocenters. The molecule has 0 saturated carbocycles. The number of fused-ring (bicyclic) bond motifs is 1. The van der Waals surface area contributed by atoms with Crippen molar-refractivity contribution in [2.45, 2.75) is 51.9 Å². The summed E-state index contributed by atoms with van der Waals surface area (Å²) in [5, 5.41) is 0.969. The number of carbonyl (C=O) groups excluding carboxylic acids is 1. The number of para-hydroxylation sites is 1. The summed E-state index contributed by atoms with van der Waals surface area (Å²) >= 11 is 0. The monoisotopic (exact) mass is 438 g/mol. The summed E-state index contributed by atoms with van der Waals surface area (Å²) in [6, 6.07) is 13.6. The van der Waals surface area contributed by atoms with E-state index in [1.807, 2.05) is 70.2 Å². The number of hydrogen-bond acceptors (Lipinski definition) is 6. The third-order valence-corrected chi connectivity index (χ3v) is 5.82. The van der Waals surface area contributed by atoms with Crippen LogP contribution in [-0.4, -0.2) is 38.8 Å². The molecule has 0 N–H and O–H groups in total. The van der Waals surface area contributed by atoms with E-state index in [4.69, 9.17) is 18.5 Å². The molecule has 6 nitrogen and oxygen atoms in total. The Morgan fingerprint density at radius 1 is 1.00 bits per heavy atom. The fourth-order valence-corrected chi connectivity index (χ4v) is 3.47. The summed E-state index contributed by atoms with van der Waals surface area (Å²) in [7, 11) is 2.73. The van der Waals surface area contributed by atoms with Crippen molar-refractivity contribution < 1.29 is 28.0 Å². The molecule has 1 aromatic heterocycles. The molecule has 7 heteroatoms. The number of benzene rings is 2. The van der Waals surface area contributed by atoms with Crippen LogP contribution in [0.3, 0.4) is 0 Å². The van der Waals surface area contributed by atoms with Crippen molar-refractivity contribution >= 4 is 29.8 Å². The first kappa shape index (κ1) is 24.0. The van der Waals surface area contributed by atoms with Crippen LogP contribution in [0.2, 0.25) is 0 Å². The minimum Gasteiger partial charge on any atom is -0.489 e. The first-order valence-corrected chi connectivity index (χ1v) is 10.6. The van der Waals surface area contributed by atoms with Crippen LogP contribution in [0, 0.1) is 0 Å². The van der Waals surface area contributed by atoms with Crippen LogP contribution < -0.4 is 10.2 Å². The molecule has 0 bridgehead atoms. The molecule has 0 amide bonds. The Morgan fingerprint density at radius 3 is 2.31 bits per heavy atom. The van der Waals surface area contributed by atoms with Crippen LogP contribution in [0.25, 0.3) is 11.0 Å². The maximum absolute atomic E-state index is 10.9. The molecule has 32 heavy (non-hydrogen) atoms. The van der Waals surface area contributed by atoms with Gasteiger partial charge in [-0.05, 0) is 51.5 Å². The zero-order chi connectivity index (χ0) is 23.4. The van der Waals surface area contributed by atoms with Crippen LogP contribution in [-0.2, 0) is 31.9 Å². The summed E-state index contributed by atoms with van der Waals surface area (Å²) in [5.41, 5.74) is 2.59. The fraction of sp³-hybridized carbons (Fsp3) is 0.400. The molecular weight excluding hydrogens is 407 g/mol. The predicted molar refractivity (Wildman–Crippen MR) is 125 cm³/mol. The van der Waals surface area contributed by atoms with Gasteiger partial charge in [-0.3, -0.25) is 0 Å². The second kappa shape index (κ2) is 9.90. The highest BCUT2D eigenvalue weighted by molar-refractivity contribution is 6.64. The molecule has 1 saturated heterocycles. The minimum atomic E-state index is -0.518. The van der Waals surface area contributed by atoms with Crippen LogP contribution in [0.5, 0.6) is 5.75 Å². The third-order valence-electron chi connectivity index (χ3n) is 5.82. The lowest BCUT2D eigenvalue weighted by molar-refractivity contribution is -0.107. The van der Waals surface area contributed by atoms with Gasteiger partial charge >= 0.3 is 7.12 Å². The van der Waals surface area contributed by atoms with Gasteiger partial charge < -0.3 is 28.0 Å². The molecule has 0 spiro atoms. The molecule has 1 fully saturated rings. The number of hydrogen-bond donors (Lipinski definition) is 0. The van der Waals surface area contributed by atoms with Crippen molar-refractivity contribution in [2.24, 2.45) is 0 Å². The summed E-state index contributed by atoms with van der Waals surface area (Å²) in [6.45, 7) is 8.49. The molecule has 0 atom stereocenters. The van der Waals surface area contributed by atoms with Gasteiger partial charge in [0.2, 0.25) is 0 Å². The van der Waals surface area contributed by atoms with Crippen LogP contribution in [0.15, 0.2) is 53.1 Å². The molecule has 0 aliphatic carbocycles. The van der Waals surface area contributed by atoms with Crippen LogP contribution in [0.1, 0.15) is 38.8 Å². The Bertz CT molecular complexity index is 1040. The van der Waals surface area contributed by atoms with E-state index in [1.165, 1.54) is 0 Å². The van der Waals surface area contributed by atoms with Gasteiger partial charge in [0.15, 0.2) is 0 Å². The van der Waals surface area contributed by atoms with Crippen LogP contribution >= 0.6 is 0 Å². The fourth-order valence-electron chi connectivity index (χ4n) is 3.47. The second-order valence-corrected chi connectivity index (χ2v) is 8.79. The lowest BCUT2D eigenvalue weighted by atomic mass is 9.77. The van der Waals surface area contributed by atoms with E-state index in [-0.39, 0.29) is 0 Å². The van der Waals surface area contributed by atoms with Crippen molar-refractivity contribution in [3.63, 3.8) is 0 Å². The van der Waals surface area contributed by atoms with Gasteiger partial charge in [-0.25, -0.2) is 0 Å². The standard InChI is InChI=1S/C23H25BO5.C2H6O/c1-22(2)23(3,4)29-24(28-22)19-14-16(13-18-10-12-26-21(18)19)15-27-20-8-6-5-7-17(20)9-11-25;1-3-2/h5-8,10-14H,9,15H2,1-4H3;1-2H3. The molecule has 4 rings (SSSR count). The Morgan fingerprint density at radius 2 is 1.66 bits per heavy atom. The maximum Gasteiger partial charge on any atom is 0.498 e. The first-order valence-electron chi connectivity index (χ1n) is 10.6. The van der Waals surface area contributed by atoms with E-state index in [2.05, 4.69) is 4.74 Å². The second-order valence-electron chi connectivity index (χ2n) is 8.79. The lowest BCUT2D eigenvalue weighted by Gasteiger charge is -2.32. The van der Waals surface area contributed by atoms with Gasteiger partial charge in [-0.2, -0.15) is 0 Å². The highest BCUT2D eigenvalue weighted by Crippen LogP contribution is 2.37. The number of rotatable bonds is 6. The Labute approximate surface area is 189 Å². The number of aldehydes is 1. The number of methoxy groups -OCH3 is 1. The molecule has 1 aliphatic rings. The predicted octanol–water partition coefficient (Wildman–Crippen LogP) is 4.32. The summed E-state index contributed by atoms with van der Waals surface area (Å²) in [6.07, 6.45) is 2.88.